The Morgan fingerprint density at radius 2 is 2.25 bits per heavy atom. The number of hydrogen-bond donors (Lipinski definition) is 2. The van der Waals surface area contributed by atoms with Crippen molar-refractivity contribution in [1.82, 2.24) is 10.5 Å². The van der Waals surface area contributed by atoms with Crippen molar-refractivity contribution < 1.29 is 19.2 Å². The van der Waals surface area contributed by atoms with E-state index in [9.17, 15) is 5.11 Å². The Labute approximate surface area is 118 Å². The van der Waals surface area contributed by atoms with Gasteiger partial charge in [-0.25, -0.2) is 0 Å². The summed E-state index contributed by atoms with van der Waals surface area (Å²) >= 11 is 0. The monoisotopic (exact) mass is 285 g/mol. The van der Waals surface area contributed by atoms with E-state index >= 15 is 0 Å². The number of ether oxygens (including phenoxy) is 1. The van der Waals surface area contributed by atoms with Crippen LogP contribution in [0.3, 0.4) is 0 Å². The van der Waals surface area contributed by atoms with Gasteiger partial charge in [0.25, 0.3) is 5.88 Å². The maximum atomic E-state index is 9.73. The van der Waals surface area contributed by atoms with Crippen LogP contribution in [0, 0.1) is 0 Å². The van der Waals surface area contributed by atoms with Crippen molar-refractivity contribution in [1.29, 1.82) is 0 Å². The molecular formula is C13H23N3O4. The van der Waals surface area contributed by atoms with Crippen LogP contribution < -0.4 is 10.1 Å². The molecule has 114 valence electrons. The Bertz CT molecular complexity index is 437. The lowest BCUT2D eigenvalue weighted by molar-refractivity contribution is 0.0371. The van der Waals surface area contributed by atoms with Gasteiger partial charge in [-0.3, -0.25) is 0 Å². The Balaban J connectivity index is 2.36. The number of oxime groups is 1. The fourth-order valence-corrected chi connectivity index (χ4v) is 1.27. The summed E-state index contributed by atoms with van der Waals surface area (Å²) in [6, 6.07) is 1.61. The lowest BCUT2D eigenvalue weighted by Gasteiger charge is -2.22. The molecule has 0 spiro atoms. The highest BCUT2D eigenvalue weighted by Crippen LogP contribution is 2.11. The Morgan fingerprint density at radius 3 is 2.80 bits per heavy atom. The third-order valence-corrected chi connectivity index (χ3v) is 2.39. The summed E-state index contributed by atoms with van der Waals surface area (Å²) in [4.78, 5) is 5.09. The fourth-order valence-electron chi connectivity index (χ4n) is 1.27. The van der Waals surface area contributed by atoms with Crippen molar-refractivity contribution >= 4 is 5.71 Å². The summed E-state index contributed by atoms with van der Waals surface area (Å²) in [5.41, 5.74) is 0.480. The summed E-state index contributed by atoms with van der Waals surface area (Å²) in [5, 5.41) is 20.4. The first-order chi connectivity index (χ1) is 9.31. The van der Waals surface area contributed by atoms with Crippen LogP contribution >= 0.6 is 0 Å². The van der Waals surface area contributed by atoms with E-state index in [4.69, 9.17) is 14.1 Å². The molecule has 1 aromatic rings. The van der Waals surface area contributed by atoms with Crippen LogP contribution in [0.2, 0.25) is 0 Å². The Kier molecular flexibility index (Phi) is 5.97. The molecule has 0 bridgehead atoms. The van der Waals surface area contributed by atoms with Gasteiger partial charge in [-0.1, -0.05) is 5.16 Å². The lowest BCUT2D eigenvalue weighted by atomic mass is 10.1. The largest absolute Gasteiger partial charge is 0.479 e. The molecule has 7 nitrogen and oxygen atoms in total. The highest BCUT2D eigenvalue weighted by molar-refractivity contribution is 5.95. The zero-order chi connectivity index (χ0) is 15.2. The first-order valence-corrected chi connectivity index (χ1v) is 6.42. The van der Waals surface area contributed by atoms with E-state index < -0.39 is 6.10 Å². The molecule has 0 fully saturated rings. The number of methoxy groups -OCH3 is 1. The van der Waals surface area contributed by atoms with E-state index in [1.807, 2.05) is 20.8 Å². The third-order valence-electron chi connectivity index (χ3n) is 2.39. The van der Waals surface area contributed by atoms with Crippen LogP contribution in [0.15, 0.2) is 15.7 Å². The molecular weight excluding hydrogens is 262 g/mol. The second kappa shape index (κ2) is 7.25. The van der Waals surface area contributed by atoms with Gasteiger partial charge in [0.15, 0.2) is 5.76 Å². The number of rotatable bonds is 7. The smallest absolute Gasteiger partial charge is 0.254 e. The van der Waals surface area contributed by atoms with Gasteiger partial charge >= 0.3 is 0 Å². The van der Waals surface area contributed by atoms with Crippen molar-refractivity contribution in [3.05, 3.63) is 11.8 Å². The number of β-amino-alcohol motifs (C(OH)–C–C–N with tert-alkyl or cyclic N) is 1. The van der Waals surface area contributed by atoms with Crippen molar-refractivity contribution in [3.63, 3.8) is 0 Å². The number of hydrogen-bond acceptors (Lipinski definition) is 7. The molecule has 1 atom stereocenters. The topological polar surface area (TPSA) is 89.1 Å². The molecule has 20 heavy (non-hydrogen) atoms. The minimum atomic E-state index is -0.630. The van der Waals surface area contributed by atoms with E-state index in [0.29, 0.717) is 23.9 Å². The van der Waals surface area contributed by atoms with Gasteiger partial charge in [0.1, 0.15) is 18.4 Å². The average molecular weight is 285 g/mol. The standard InChI is InChI=1S/C13H23N3O4/c1-9(11-6-12(18-5)16-20-11)15-19-8-10(17)7-14-13(2,3)4/h6,10,14,17H,7-8H2,1-5H3/b15-9+. The minimum absolute atomic E-state index is 0.0451. The molecule has 7 heteroatoms. The van der Waals surface area contributed by atoms with Crippen LogP contribution in [0.5, 0.6) is 5.88 Å². The SMILES string of the molecule is COc1cc(/C(C)=N/OCC(O)CNC(C)(C)C)on1. The second-order valence-corrected chi connectivity index (χ2v) is 5.49. The molecule has 1 unspecified atom stereocenters. The van der Waals surface area contributed by atoms with E-state index in [-0.39, 0.29) is 12.1 Å². The van der Waals surface area contributed by atoms with E-state index in [1.165, 1.54) is 7.11 Å². The zero-order valence-corrected chi connectivity index (χ0v) is 12.6. The molecule has 1 rings (SSSR count). The predicted octanol–water partition coefficient (Wildman–Crippen LogP) is 1.17. The zero-order valence-electron chi connectivity index (χ0n) is 12.6. The number of nitrogens with zero attached hydrogens (tertiary/aromatic N) is 2. The van der Waals surface area contributed by atoms with Gasteiger partial charge in [0, 0.05) is 12.1 Å². The molecule has 0 amide bonds. The van der Waals surface area contributed by atoms with E-state index in [0.717, 1.165) is 0 Å². The molecule has 1 aromatic heterocycles. The maximum Gasteiger partial charge on any atom is 0.254 e. The molecule has 0 aliphatic heterocycles. The Hall–Kier alpha value is -1.60. The number of aromatic nitrogens is 1. The van der Waals surface area contributed by atoms with Crippen LogP contribution in [0.1, 0.15) is 33.5 Å². The lowest BCUT2D eigenvalue weighted by Crippen LogP contribution is -2.42. The molecule has 0 saturated carbocycles. The first kappa shape index (κ1) is 16.5. The highest BCUT2D eigenvalue weighted by Gasteiger charge is 2.13. The van der Waals surface area contributed by atoms with Crippen molar-refractivity contribution in [2.45, 2.75) is 39.3 Å². The predicted molar refractivity (Wildman–Crippen MR) is 75.0 cm³/mol. The summed E-state index contributed by atoms with van der Waals surface area (Å²) in [7, 11) is 1.50. The molecule has 0 aromatic carbocycles. The van der Waals surface area contributed by atoms with Crippen LogP contribution in [0.25, 0.3) is 0 Å². The average Bonchev–Trinajstić information content (AvgIpc) is 2.84. The van der Waals surface area contributed by atoms with Gasteiger partial charge in [0.2, 0.25) is 0 Å². The molecule has 0 saturated heterocycles. The van der Waals surface area contributed by atoms with Crippen LogP contribution in [-0.4, -0.2) is 47.9 Å². The van der Waals surface area contributed by atoms with Crippen molar-refractivity contribution in [2.75, 3.05) is 20.3 Å². The van der Waals surface area contributed by atoms with Crippen molar-refractivity contribution in [2.24, 2.45) is 5.16 Å². The van der Waals surface area contributed by atoms with Gasteiger partial charge in [-0.05, 0) is 32.9 Å². The quantitative estimate of drug-likeness (QED) is 0.577. The van der Waals surface area contributed by atoms with Crippen molar-refractivity contribution in [3.8, 4) is 5.88 Å². The molecule has 1 heterocycles. The fraction of sp³-hybridized carbons (Fsp3) is 0.692. The molecule has 0 radical (unpaired) electrons. The second-order valence-electron chi connectivity index (χ2n) is 5.49. The van der Waals surface area contributed by atoms with E-state index in [2.05, 4.69) is 15.6 Å². The summed E-state index contributed by atoms with van der Waals surface area (Å²) < 4.78 is 9.91. The maximum absolute atomic E-state index is 9.73. The molecule has 0 aliphatic rings. The molecule has 2 N–H and O–H groups in total. The number of aliphatic hydroxyl groups excluding tert-OH is 1. The Morgan fingerprint density at radius 1 is 1.55 bits per heavy atom. The first-order valence-electron chi connectivity index (χ1n) is 6.42. The van der Waals surface area contributed by atoms with Crippen LogP contribution in [-0.2, 0) is 4.84 Å². The van der Waals surface area contributed by atoms with Gasteiger partial charge in [-0.2, -0.15) is 0 Å². The summed E-state index contributed by atoms with van der Waals surface area (Å²) in [6.07, 6.45) is -0.630. The summed E-state index contributed by atoms with van der Waals surface area (Å²) in [5.74, 6) is 0.841. The van der Waals surface area contributed by atoms with Crippen LogP contribution in [0.4, 0.5) is 0 Å². The van der Waals surface area contributed by atoms with E-state index in [1.54, 1.807) is 13.0 Å². The number of nitrogens with one attached hydrogen (secondary N) is 1. The minimum Gasteiger partial charge on any atom is -0.479 e. The highest BCUT2D eigenvalue weighted by atomic mass is 16.6. The third kappa shape index (κ3) is 6.03. The molecule has 0 aliphatic carbocycles. The van der Waals surface area contributed by atoms with Gasteiger partial charge in [-0.15, -0.1) is 0 Å². The van der Waals surface area contributed by atoms with Gasteiger partial charge in [0.05, 0.1) is 13.2 Å². The normalized spacial score (nSPS) is 14.2. The summed E-state index contributed by atoms with van der Waals surface area (Å²) in [6.45, 7) is 8.35. The number of aliphatic hydroxyl groups is 1. The van der Waals surface area contributed by atoms with Gasteiger partial charge < -0.3 is 24.5 Å².